The van der Waals surface area contributed by atoms with E-state index in [0.717, 1.165) is 44.2 Å². The molecule has 0 radical (unpaired) electrons. The van der Waals surface area contributed by atoms with Crippen LogP contribution in [0.15, 0.2) is 42.7 Å². The molecule has 5 heteroatoms. The molecule has 1 aliphatic rings. The van der Waals surface area contributed by atoms with Crippen molar-refractivity contribution in [2.45, 2.75) is 6.54 Å². The summed E-state index contributed by atoms with van der Waals surface area (Å²) in [5, 5.41) is 3.08. The molecule has 3 rings (SSSR count). The van der Waals surface area contributed by atoms with Gasteiger partial charge in [0.1, 0.15) is 5.82 Å². The number of para-hydroxylation sites is 1. The zero-order valence-electron chi connectivity index (χ0n) is 12.4. The highest BCUT2D eigenvalue weighted by molar-refractivity contribution is 5.48. The van der Waals surface area contributed by atoms with E-state index in [1.165, 1.54) is 5.69 Å². The first-order chi connectivity index (χ1) is 10.4. The highest BCUT2D eigenvalue weighted by Crippen LogP contribution is 2.18. The summed E-state index contributed by atoms with van der Waals surface area (Å²) in [5.41, 5.74) is 2.27. The van der Waals surface area contributed by atoms with Crippen LogP contribution in [0.2, 0.25) is 0 Å². The quantitative estimate of drug-likeness (QED) is 0.922. The molecule has 2 aromatic rings. The maximum atomic E-state index is 4.52. The average molecular weight is 283 g/mol. The summed E-state index contributed by atoms with van der Waals surface area (Å²) in [5.74, 6) is 0.975. The molecule has 1 aromatic heterocycles. The standard InChI is InChI=1S/C16H21N5/c1-17-11-14-12-19-16(13-18-14)21-9-7-20(8-10-21)15-5-3-2-4-6-15/h2-6,12-13,17H,7-11H2,1H3. The second-order valence-electron chi connectivity index (χ2n) is 5.21. The number of anilines is 2. The Morgan fingerprint density at radius 3 is 2.29 bits per heavy atom. The Bertz CT molecular complexity index is 547. The summed E-state index contributed by atoms with van der Waals surface area (Å²) in [4.78, 5) is 13.7. The smallest absolute Gasteiger partial charge is 0.147 e. The number of rotatable bonds is 4. The van der Waals surface area contributed by atoms with E-state index in [2.05, 4.69) is 55.4 Å². The molecule has 1 aromatic carbocycles. The van der Waals surface area contributed by atoms with E-state index in [1.807, 2.05) is 19.4 Å². The van der Waals surface area contributed by atoms with Gasteiger partial charge >= 0.3 is 0 Å². The zero-order chi connectivity index (χ0) is 14.5. The topological polar surface area (TPSA) is 44.3 Å². The second kappa shape index (κ2) is 6.54. The van der Waals surface area contributed by atoms with Gasteiger partial charge in [-0.2, -0.15) is 0 Å². The Labute approximate surface area is 125 Å². The van der Waals surface area contributed by atoms with E-state index in [9.17, 15) is 0 Å². The minimum atomic E-state index is 0.759. The number of hydrogen-bond acceptors (Lipinski definition) is 5. The zero-order valence-corrected chi connectivity index (χ0v) is 12.4. The number of nitrogens with zero attached hydrogens (tertiary/aromatic N) is 4. The monoisotopic (exact) mass is 283 g/mol. The molecule has 5 nitrogen and oxygen atoms in total. The predicted octanol–water partition coefficient (Wildman–Crippen LogP) is 1.52. The van der Waals surface area contributed by atoms with Crippen molar-refractivity contribution in [1.82, 2.24) is 15.3 Å². The fraction of sp³-hybridized carbons (Fsp3) is 0.375. The Hall–Kier alpha value is -2.14. The van der Waals surface area contributed by atoms with Gasteiger partial charge in [0.05, 0.1) is 18.1 Å². The third-order valence-electron chi connectivity index (χ3n) is 3.77. The molecule has 0 aliphatic carbocycles. The van der Waals surface area contributed by atoms with Crippen LogP contribution >= 0.6 is 0 Å². The van der Waals surface area contributed by atoms with Crippen LogP contribution in [-0.4, -0.2) is 43.2 Å². The van der Waals surface area contributed by atoms with Gasteiger partial charge in [0.2, 0.25) is 0 Å². The molecule has 2 heterocycles. The van der Waals surface area contributed by atoms with Gasteiger partial charge in [-0.1, -0.05) is 18.2 Å². The molecule has 0 unspecified atom stereocenters. The third-order valence-corrected chi connectivity index (χ3v) is 3.77. The van der Waals surface area contributed by atoms with Crippen LogP contribution in [-0.2, 0) is 6.54 Å². The van der Waals surface area contributed by atoms with Gasteiger partial charge < -0.3 is 15.1 Å². The summed E-state index contributed by atoms with van der Waals surface area (Å²) in [6.45, 7) is 4.76. The van der Waals surface area contributed by atoms with Crippen molar-refractivity contribution in [2.24, 2.45) is 0 Å². The van der Waals surface area contributed by atoms with Crippen molar-refractivity contribution in [2.75, 3.05) is 43.0 Å². The number of hydrogen-bond donors (Lipinski definition) is 1. The Morgan fingerprint density at radius 2 is 1.67 bits per heavy atom. The fourth-order valence-corrected chi connectivity index (χ4v) is 2.62. The van der Waals surface area contributed by atoms with Gasteiger partial charge in [-0.25, -0.2) is 4.98 Å². The molecule has 0 amide bonds. The second-order valence-corrected chi connectivity index (χ2v) is 5.21. The van der Waals surface area contributed by atoms with Crippen molar-refractivity contribution in [1.29, 1.82) is 0 Å². The minimum Gasteiger partial charge on any atom is -0.368 e. The minimum absolute atomic E-state index is 0.759. The Kier molecular flexibility index (Phi) is 4.31. The molecule has 1 fully saturated rings. The molecule has 1 N–H and O–H groups in total. The highest BCUT2D eigenvalue weighted by atomic mass is 15.3. The molecule has 0 saturated carbocycles. The first-order valence-corrected chi connectivity index (χ1v) is 7.37. The molecule has 1 aliphatic heterocycles. The highest BCUT2D eigenvalue weighted by Gasteiger charge is 2.18. The summed E-state index contributed by atoms with van der Waals surface area (Å²) in [7, 11) is 1.92. The van der Waals surface area contributed by atoms with Gasteiger partial charge in [-0.15, -0.1) is 0 Å². The van der Waals surface area contributed by atoms with Crippen molar-refractivity contribution in [3.8, 4) is 0 Å². The summed E-state index contributed by atoms with van der Waals surface area (Å²) in [6.07, 6.45) is 3.74. The molecular weight excluding hydrogens is 262 g/mol. The van der Waals surface area contributed by atoms with Crippen molar-refractivity contribution < 1.29 is 0 Å². The van der Waals surface area contributed by atoms with E-state index < -0.39 is 0 Å². The van der Waals surface area contributed by atoms with Gasteiger partial charge in [-0.05, 0) is 19.2 Å². The number of benzene rings is 1. The van der Waals surface area contributed by atoms with Crippen LogP contribution in [0, 0.1) is 0 Å². The number of piperazine rings is 1. The molecule has 0 atom stereocenters. The van der Waals surface area contributed by atoms with E-state index >= 15 is 0 Å². The average Bonchev–Trinajstić information content (AvgIpc) is 2.57. The Morgan fingerprint density at radius 1 is 0.952 bits per heavy atom. The lowest BCUT2D eigenvalue weighted by molar-refractivity contribution is 0.645. The molecule has 110 valence electrons. The fourth-order valence-electron chi connectivity index (χ4n) is 2.62. The van der Waals surface area contributed by atoms with Gasteiger partial charge in [0.15, 0.2) is 0 Å². The van der Waals surface area contributed by atoms with Gasteiger partial charge in [-0.3, -0.25) is 4.98 Å². The molecule has 0 spiro atoms. The predicted molar refractivity (Wildman–Crippen MR) is 85.7 cm³/mol. The number of nitrogens with one attached hydrogen (secondary N) is 1. The normalized spacial score (nSPS) is 15.3. The molecule has 0 bridgehead atoms. The molecular formula is C16H21N5. The maximum Gasteiger partial charge on any atom is 0.147 e. The van der Waals surface area contributed by atoms with Crippen LogP contribution < -0.4 is 15.1 Å². The first-order valence-electron chi connectivity index (χ1n) is 7.37. The SMILES string of the molecule is CNCc1cnc(N2CCN(c3ccccc3)CC2)cn1. The van der Waals surface area contributed by atoms with Crippen LogP contribution in [0.4, 0.5) is 11.5 Å². The lowest BCUT2D eigenvalue weighted by Gasteiger charge is -2.36. The largest absolute Gasteiger partial charge is 0.368 e. The summed E-state index contributed by atoms with van der Waals surface area (Å²) < 4.78 is 0. The van der Waals surface area contributed by atoms with E-state index in [1.54, 1.807) is 0 Å². The van der Waals surface area contributed by atoms with Crippen LogP contribution in [0.3, 0.4) is 0 Å². The van der Waals surface area contributed by atoms with Crippen molar-refractivity contribution in [3.63, 3.8) is 0 Å². The van der Waals surface area contributed by atoms with Crippen LogP contribution in [0.25, 0.3) is 0 Å². The summed E-state index contributed by atoms with van der Waals surface area (Å²) in [6, 6.07) is 10.6. The summed E-state index contributed by atoms with van der Waals surface area (Å²) >= 11 is 0. The van der Waals surface area contributed by atoms with Crippen molar-refractivity contribution >= 4 is 11.5 Å². The van der Waals surface area contributed by atoms with Crippen LogP contribution in [0.1, 0.15) is 5.69 Å². The first kappa shape index (κ1) is 13.8. The van der Waals surface area contributed by atoms with E-state index in [-0.39, 0.29) is 0 Å². The lowest BCUT2D eigenvalue weighted by Crippen LogP contribution is -2.46. The van der Waals surface area contributed by atoms with Gasteiger partial charge in [0, 0.05) is 38.4 Å². The van der Waals surface area contributed by atoms with Crippen molar-refractivity contribution in [3.05, 3.63) is 48.4 Å². The lowest BCUT2D eigenvalue weighted by atomic mass is 10.2. The third kappa shape index (κ3) is 3.31. The maximum absolute atomic E-state index is 4.52. The van der Waals surface area contributed by atoms with Crippen LogP contribution in [0.5, 0.6) is 0 Å². The van der Waals surface area contributed by atoms with E-state index in [0.29, 0.717) is 0 Å². The molecule has 21 heavy (non-hydrogen) atoms. The Balaban J connectivity index is 1.60. The van der Waals surface area contributed by atoms with E-state index in [4.69, 9.17) is 0 Å². The number of aromatic nitrogens is 2. The van der Waals surface area contributed by atoms with Gasteiger partial charge in [0.25, 0.3) is 0 Å². The molecule has 1 saturated heterocycles.